The lowest BCUT2D eigenvalue weighted by atomic mass is 10.2. The van der Waals surface area contributed by atoms with Gasteiger partial charge in [-0.15, -0.1) is 0 Å². The molecule has 0 aliphatic carbocycles. The predicted octanol–water partition coefficient (Wildman–Crippen LogP) is 1.24. The average molecular weight is 364 g/mol. The van der Waals surface area contributed by atoms with Crippen molar-refractivity contribution in [2.24, 2.45) is 5.73 Å². The van der Waals surface area contributed by atoms with E-state index >= 15 is 0 Å². The molecule has 8 nitrogen and oxygen atoms in total. The monoisotopic (exact) mass is 364 g/mol. The second-order valence-corrected chi connectivity index (χ2v) is 5.46. The van der Waals surface area contributed by atoms with Crippen LogP contribution in [0.4, 0.5) is 0 Å². The molecule has 26 heavy (non-hydrogen) atoms. The highest BCUT2D eigenvalue weighted by molar-refractivity contribution is 5.80. The highest BCUT2D eigenvalue weighted by Crippen LogP contribution is 2.07. The Balaban J connectivity index is 5.00. The molecule has 0 aromatic carbocycles. The Kier molecular flexibility index (Phi) is 12.4. The maximum absolute atomic E-state index is 10.0. The van der Waals surface area contributed by atoms with Crippen molar-refractivity contribution in [2.75, 3.05) is 13.2 Å². The van der Waals surface area contributed by atoms with E-state index in [0.29, 0.717) is 23.5 Å². The van der Waals surface area contributed by atoms with Gasteiger partial charge in [0, 0.05) is 30.2 Å². The Bertz CT molecular complexity index is 578. The topological polar surface area (TPSA) is 138 Å². The van der Waals surface area contributed by atoms with Crippen LogP contribution in [0.15, 0.2) is 59.3 Å². The molecule has 0 heterocycles. The fourth-order valence-corrected chi connectivity index (χ4v) is 1.70. The number of hydrogen-bond acceptors (Lipinski definition) is 8. The van der Waals surface area contributed by atoms with Crippen LogP contribution in [-0.4, -0.2) is 35.9 Å². The number of hydrazine groups is 1. The maximum Gasteiger partial charge on any atom is 0.146 e. The molecule has 146 valence electrons. The van der Waals surface area contributed by atoms with Gasteiger partial charge in [-0.3, -0.25) is 5.73 Å². The Morgan fingerprint density at radius 2 is 2.04 bits per heavy atom. The smallest absolute Gasteiger partial charge is 0.146 e. The van der Waals surface area contributed by atoms with E-state index in [2.05, 4.69) is 35.0 Å². The molecule has 0 rings (SSSR count). The van der Waals surface area contributed by atoms with E-state index in [1.807, 2.05) is 13.0 Å². The summed E-state index contributed by atoms with van der Waals surface area (Å²) in [4.78, 5) is 0. The van der Waals surface area contributed by atoms with E-state index in [4.69, 9.17) is 16.2 Å². The van der Waals surface area contributed by atoms with Crippen molar-refractivity contribution in [1.82, 2.24) is 21.5 Å². The van der Waals surface area contributed by atoms with Crippen LogP contribution in [0, 0.1) is 5.41 Å². The summed E-state index contributed by atoms with van der Waals surface area (Å²) in [6, 6.07) is 0. The van der Waals surface area contributed by atoms with Gasteiger partial charge in [-0.2, -0.15) is 0 Å². The zero-order valence-electron chi connectivity index (χ0n) is 15.8. The normalized spacial score (nSPS) is 14.7. The van der Waals surface area contributed by atoms with Crippen LogP contribution in [0.5, 0.6) is 0 Å². The summed E-state index contributed by atoms with van der Waals surface area (Å²) in [5.41, 5.74) is 14.3. The molecule has 9 N–H and O–H groups in total. The summed E-state index contributed by atoms with van der Waals surface area (Å²) in [6.45, 7) is 9.96. The Labute approximate surface area is 155 Å². The Hall–Kier alpha value is -2.55. The van der Waals surface area contributed by atoms with E-state index in [9.17, 15) is 5.11 Å². The van der Waals surface area contributed by atoms with Crippen LogP contribution in [0.25, 0.3) is 0 Å². The molecule has 0 fully saturated rings. The first-order chi connectivity index (χ1) is 12.4. The van der Waals surface area contributed by atoms with Crippen LogP contribution in [-0.2, 0) is 0 Å². The summed E-state index contributed by atoms with van der Waals surface area (Å²) in [7, 11) is 0. The first kappa shape index (κ1) is 23.4. The molecule has 8 heteroatoms. The van der Waals surface area contributed by atoms with Gasteiger partial charge in [0.1, 0.15) is 12.0 Å². The minimum Gasteiger partial charge on any atom is -0.506 e. The molecule has 1 unspecified atom stereocenters. The molecular formula is C18H32N6O2. The molecule has 0 aromatic heterocycles. The van der Waals surface area contributed by atoms with Crippen molar-refractivity contribution >= 4 is 6.21 Å². The largest absolute Gasteiger partial charge is 0.506 e. The lowest BCUT2D eigenvalue weighted by Gasteiger charge is -2.20. The molecule has 0 saturated carbocycles. The summed E-state index contributed by atoms with van der Waals surface area (Å²) in [6.07, 6.45) is 7.85. The SMILES string of the molecule is C=C(/C=C(/C)CC)NNC(N)NC(=C/C(C=N)=C/NCCO)/C(O)=C\C. The van der Waals surface area contributed by atoms with Gasteiger partial charge in [-0.25, -0.2) is 5.43 Å². The first-order valence-corrected chi connectivity index (χ1v) is 8.39. The minimum absolute atomic E-state index is 0.0160. The molecule has 1 atom stereocenters. The third kappa shape index (κ3) is 10.3. The van der Waals surface area contributed by atoms with Crippen molar-refractivity contribution in [2.45, 2.75) is 33.5 Å². The molecule has 0 bridgehead atoms. The molecule has 0 spiro atoms. The van der Waals surface area contributed by atoms with Gasteiger partial charge in [0.15, 0.2) is 0 Å². The zero-order valence-corrected chi connectivity index (χ0v) is 15.8. The summed E-state index contributed by atoms with van der Waals surface area (Å²) in [5, 5.41) is 32.0. The van der Waals surface area contributed by atoms with Gasteiger partial charge in [0.25, 0.3) is 0 Å². The summed E-state index contributed by atoms with van der Waals surface area (Å²) < 4.78 is 0. The number of aliphatic hydroxyl groups is 2. The Morgan fingerprint density at radius 3 is 2.58 bits per heavy atom. The third-order valence-electron chi connectivity index (χ3n) is 3.23. The fraction of sp³-hybridized carbons (Fsp3) is 0.389. The molecule has 0 aliphatic rings. The van der Waals surface area contributed by atoms with Crippen molar-refractivity contribution in [1.29, 1.82) is 5.41 Å². The number of hydrogen-bond donors (Lipinski definition) is 8. The standard InChI is InChI=1S/C18H32N6O2/c1-5-13(3)9-14(4)23-24-18(20)22-16(17(26)6-2)10-15(11-19)12-21-7-8-25/h6,9-12,18-19,21-26H,4-5,7-8,20H2,1-3H3/b13-9-,15-12-,16-10+,17-6+,19-11?. The number of nitrogens with one attached hydrogen (secondary N) is 5. The van der Waals surface area contributed by atoms with Crippen LogP contribution < -0.4 is 27.2 Å². The van der Waals surface area contributed by atoms with Crippen molar-refractivity contribution < 1.29 is 10.2 Å². The van der Waals surface area contributed by atoms with Gasteiger partial charge in [-0.05, 0) is 38.5 Å². The lowest BCUT2D eigenvalue weighted by Crippen LogP contribution is -2.54. The third-order valence-corrected chi connectivity index (χ3v) is 3.23. The van der Waals surface area contributed by atoms with Gasteiger partial charge in [-0.1, -0.05) is 19.1 Å². The van der Waals surface area contributed by atoms with Crippen molar-refractivity contribution in [3.8, 4) is 0 Å². The van der Waals surface area contributed by atoms with Gasteiger partial charge >= 0.3 is 0 Å². The molecule has 0 aliphatic heterocycles. The Morgan fingerprint density at radius 1 is 1.35 bits per heavy atom. The first-order valence-electron chi connectivity index (χ1n) is 8.39. The van der Waals surface area contributed by atoms with Crippen molar-refractivity contribution in [3.05, 3.63) is 59.3 Å². The highest BCUT2D eigenvalue weighted by atomic mass is 16.3. The molecule has 0 radical (unpaired) electrons. The van der Waals surface area contributed by atoms with Crippen LogP contribution >= 0.6 is 0 Å². The number of aliphatic hydroxyl groups excluding tert-OH is 2. The molecular weight excluding hydrogens is 332 g/mol. The quantitative estimate of drug-likeness (QED) is 0.0614. The predicted molar refractivity (Wildman–Crippen MR) is 107 cm³/mol. The number of nitrogens with two attached hydrogens (primary N) is 1. The zero-order chi connectivity index (χ0) is 19.9. The van der Waals surface area contributed by atoms with Crippen LogP contribution in [0.2, 0.25) is 0 Å². The molecule has 0 saturated heterocycles. The van der Waals surface area contributed by atoms with Gasteiger partial charge in [0.05, 0.1) is 12.3 Å². The number of rotatable bonds is 13. The van der Waals surface area contributed by atoms with E-state index in [1.54, 1.807) is 19.2 Å². The van der Waals surface area contributed by atoms with E-state index in [-0.39, 0.29) is 12.4 Å². The number of allylic oxidation sites excluding steroid dienone is 5. The van der Waals surface area contributed by atoms with Gasteiger partial charge in [0.2, 0.25) is 0 Å². The molecule has 0 amide bonds. The minimum atomic E-state index is -0.729. The fourth-order valence-electron chi connectivity index (χ4n) is 1.70. The second kappa shape index (κ2) is 13.7. The average Bonchev–Trinajstić information content (AvgIpc) is 2.63. The second-order valence-electron chi connectivity index (χ2n) is 5.46. The van der Waals surface area contributed by atoms with E-state index < -0.39 is 6.29 Å². The molecule has 0 aromatic rings. The van der Waals surface area contributed by atoms with Gasteiger partial charge < -0.3 is 31.7 Å². The van der Waals surface area contributed by atoms with Crippen molar-refractivity contribution in [3.63, 3.8) is 0 Å². The van der Waals surface area contributed by atoms with E-state index in [1.165, 1.54) is 11.6 Å². The summed E-state index contributed by atoms with van der Waals surface area (Å²) >= 11 is 0. The van der Waals surface area contributed by atoms with Crippen LogP contribution in [0.1, 0.15) is 27.2 Å². The maximum atomic E-state index is 10.0. The van der Waals surface area contributed by atoms with E-state index in [0.717, 1.165) is 12.6 Å². The highest BCUT2D eigenvalue weighted by Gasteiger charge is 2.08. The van der Waals surface area contributed by atoms with Crippen LogP contribution in [0.3, 0.4) is 0 Å². The summed E-state index contributed by atoms with van der Waals surface area (Å²) in [5.74, 6) is -0.0160. The lowest BCUT2D eigenvalue weighted by molar-refractivity contribution is 0.298.